The van der Waals surface area contributed by atoms with E-state index in [1.54, 1.807) is 0 Å². The second kappa shape index (κ2) is 5.42. The van der Waals surface area contributed by atoms with E-state index in [0.29, 0.717) is 12.8 Å². The molecule has 0 aliphatic carbocycles. The molecule has 2 atom stereocenters. The number of carbonyl (C=O) groups excluding carboxylic acids is 1. The molecule has 86 valence electrons. The maximum atomic E-state index is 10.8. The molecule has 3 heteroatoms. The van der Waals surface area contributed by atoms with Crippen molar-refractivity contribution in [1.82, 2.24) is 0 Å². The molecule has 0 aromatic rings. The Morgan fingerprint density at radius 1 is 1.40 bits per heavy atom. The van der Waals surface area contributed by atoms with Crippen LogP contribution in [0.1, 0.15) is 47.0 Å². The predicted octanol–water partition coefficient (Wildman–Crippen LogP) is 3.97. The normalized spacial score (nSPS) is 18.4. The van der Waals surface area contributed by atoms with Crippen LogP contribution < -0.4 is 0 Å². The molecule has 0 saturated carbocycles. The number of carbonyl (C=O) groups is 1. The van der Waals surface area contributed by atoms with Crippen LogP contribution in [0.2, 0.25) is 0 Å². The zero-order valence-electron chi connectivity index (χ0n) is 9.89. The van der Waals surface area contributed by atoms with Crippen LogP contribution in [0.5, 0.6) is 0 Å². The number of rotatable bonds is 5. The van der Waals surface area contributed by atoms with E-state index < -0.39 is 11.0 Å². The molecule has 0 aliphatic rings. The largest absolute Gasteiger partial charge is 0.447 e. The Hall–Kier alpha value is -0.680. The van der Waals surface area contributed by atoms with Crippen molar-refractivity contribution >= 4 is 17.0 Å². The molecule has 0 spiro atoms. The molecule has 0 radical (unpaired) electrons. The van der Waals surface area contributed by atoms with Gasteiger partial charge in [0.2, 0.25) is 0 Å². The Morgan fingerprint density at radius 3 is 2.20 bits per heavy atom. The van der Waals surface area contributed by atoms with Crippen molar-refractivity contribution in [3.63, 3.8) is 0 Å². The molecule has 0 fully saturated rings. The molecule has 0 aromatic heterocycles. The molecule has 15 heavy (non-hydrogen) atoms. The first-order valence-corrected chi connectivity index (χ1v) is 5.55. The van der Waals surface area contributed by atoms with Gasteiger partial charge < -0.3 is 4.74 Å². The first kappa shape index (κ1) is 14.3. The van der Waals surface area contributed by atoms with Crippen LogP contribution in [0.25, 0.3) is 0 Å². The molecule has 0 saturated heterocycles. The third-order valence-corrected chi connectivity index (χ3v) is 3.04. The van der Waals surface area contributed by atoms with Crippen molar-refractivity contribution in [2.75, 3.05) is 0 Å². The van der Waals surface area contributed by atoms with Crippen molar-refractivity contribution in [2.45, 2.75) is 52.6 Å². The summed E-state index contributed by atoms with van der Waals surface area (Å²) in [7, 11) is 0. The fraction of sp³-hybridized carbons (Fsp3) is 0.750. The minimum Gasteiger partial charge on any atom is -0.447 e. The highest BCUT2D eigenvalue weighted by atomic mass is 35.5. The van der Waals surface area contributed by atoms with Crippen LogP contribution in [-0.2, 0) is 4.74 Å². The molecule has 0 N–H and O–H groups in total. The molecular formula is C12H19ClO2. The summed E-state index contributed by atoms with van der Waals surface area (Å²) in [6.45, 7) is 7.83. The van der Waals surface area contributed by atoms with Crippen LogP contribution in [0.15, 0.2) is 0 Å². The summed E-state index contributed by atoms with van der Waals surface area (Å²) in [5.74, 6) is 2.76. The SMILES string of the molecule is C#CC(C)(CC)CC(C)(CC)OC(=O)Cl. The summed E-state index contributed by atoms with van der Waals surface area (Å²) in [6, 6.07) is 0. The lowest BCUT2D eigenvalue weighted by Crippen LogP contribution is -2.35. The van der Waals surface area contributed by atoms with E-state index in [-0.39, 0.29) is 5.41 Å². The third-order valence-electron chi connectivity index (χ3n) is 2.97. The highest BCUT2D eigenvalue weighted by Gasteiger charge is 2.34. The quantitative estimate of drug-likeness (QED) is 0.528. The van der Waals surface area contributed by atoms with Gasteiger partial charge in [0.05, 0.1) is 0 Å². The molecule has 0 bridgehead atoms. The highest BCUT2D eigenvalue weighted by Crippen LogP contribution is 2.35. The zero-order valence-corrected chi connectivity index (χ0v) is 10.6. The van der Waals surface area contributed by atoms with Crippen LogP contribution in [0, 0.1) is 17.8 Å². The molecule has 0 rings (SSSR count). The van der Waals surface area contributed by atoms with E-state index in [1.807, 2.05) is 27.7 Å². The van der Waals surface area contributed by atoms with E-state index >= 15 is 0 Å². The Balaban J connectivity index is 4.70. The van der Waals surface area contributed by atoms with Gasteiger partial charge in [0.1, 0.15) is 5.60 Å². The molecule has 0 aliphatic heterocycles. The first-order chi connectivity index (χ1) is 6.81. The summed E-state index contributed by atoms with van der Waals surface area (Å²) in [5.41, 5.74) is -1.60. The molecule has 0 heterocycles. The van der Waals surface area contributed by atoms with Crippen LogP contribution in [0.4, 0.5) is 4.79 Å². The summed E-state index contributed by atoms with van der Waals surface area (Å²) in [5, 5.41) is 0. The second-order valence-electron chi connectivity index (χ2n) is 4.38. The Labute approximate surface area is 97.3 Å². The maximum absolute atomic E-state index is 10.8. The predicted molar refractivity (Wildman–Crippen MR) is 62.9 cm³/mol. The highest BCUT2D eigenvalue weighted by molar-refractivity contribution is 6.61. The van der Waals surface area contributed by atoms with Crippen LogP contribution in [0.3, 0.4) is 0 Å². The standard InChI is InChI=1S/C12H19ClO2/c1-6-11(4,7-2)9-12(5,8-3)15-10(13)14/h1H,7-9H2,2-5H3. The minimum absolute atomic E-state index is 0.253. The smallest absolute Gasteiger partial charge is 0.404 e. The number of terminal acetylenes is 1. The van der Waals surface area contributed by atoms with Gasteiger partial charge in [-0.2, -0.15) is 0 Å². The molecule has 0 aromatic carbocycles. The fourth-order valence-corrected chi connectivity index (χ4v) is 1.72. The van der Waals surface area contributed by atoms with Gasteiger partial charge in [-0.05, 0) is 26.7 Å². The summed E-state index contributed by atoms with van der Waals surface area (Å²) >= 11 is 5.24. The number of halogens is 1. The second-order valence-corrected chi connectivity index (χ2v) is 4.69. The van der Waals surface area contributed by atoms with E-state index in [1.165, 1.54) is 0 Å². The Kier molecular flexibility index (Phi) is 5.17. The molecule has 0 amide bonds. The zero-order chi connectivity index (χ0) is 12.1. The van der Waals surface area contributed by atoms with Gasteiger partial charge in [-0.15, -0.1) is 12.3 Å². The summed E-state index contributed by atoms with van der Waals surface area (Å²) in [4.78, 5) is 10.8. The van der Waals surface area contributed by atoms with Gasteiger partial charge in [-0.1, -0.05) is 13.8 Å². The van der Waals surface area contributed by atoms with Crippen molar-refractivity contribution in [1.29, 1.82) is 0 Å². The maximum Gasteiger partial charge on any atom is 0.404 e. The Morgan fingerprint density at radius 2 is 1.93 bits per heavy atom. The first-order valence-electron chi connectivity index (χ1n) is 5.17. The van der Waals surface area contributed by atoms with Gasteiger partial charge in [0.25, 0.3) is 0 Å². The number of ether oxygens (including phenoxy) is 1. The minimum atomic E-state index is -0.769. The average molecular weight is 231 g/mol. The number of hydrogen-bond acceptors (Lipinski definition) is 2. The fourth-order valence-electron chi connectivity index (χ4n) is 1.53. The van der Waals surface area contributed by atoms with Gasteiger partial charge in [0, 0.05) is 23.4 Å². The third kappa shape index (κ3) is 4.57. The van der Waals surface area contributed by atoms with Crippen molar-refractivity contribution < 1.29 is 9.53 Å². The lowest BCUT2D eigenvalue weighted by atomic mass is 9.77. The summed E-state index contributed by atoms with van der Waals surface area (Å²) < 4.78 is 5.12. The van der Waals surface area contributed by atoms with E-state index in [2.05, 4.69) is 5.92 Å². The van der Waals surface area contributed by atoms with Crippen molar-refractivity contribution in [3.8, 4) is 12.3 Å². The topological polar surface area (TPSA) is 26.3 Å². The molecule has 2 nitrogen and oxygen atoms in total. The van der Waals surface area contributed by atoms with Gasteiger partial charge in [-0.25, -0.2) is 4.79 Å². The van der Waals surface area contributed by atoms with Crippen molar-refractivity contribution in [3.05, 3.63) is 0 Å². The van der Waals surface area contributed by atoms with Gasteiger partial charge in [-0.3, -0.25) is 0 Å². The Bertz CT molecular complexity index is 269. The summed E-state index contributed by atoms with van der Waals surface area (Å²) in [6.07, 6.45) is 7.66. The van der Waals surface area contributed by atoms with E-state index in [9.17, 15) is 4.79 Å². The van der Waals surface area contributed by atoms with E-state index in [4.69, 9.17) is 22.8 Å². The van der Waals surface area contributed by atoms with Crippen LogP contribution in [-0.4, -0.2) is 11.0 Å². The van der Waals surface area contributed by atoms with Crippen molar-refractivity contribution in [2.24, 2.45) is 5.41 Å². The lowest BCUT2D eigenvalue weighted by Gasteiger charge is -2.34. The van der Waals surface area contributed by atoms with Gasteiger partial charge >= 0.3 is 5.43 Å². The van der Waals surface area contributed by atoms with Gasteiger partial charge in [0.15, 0.2) is 0 Å². The van der Waals surface area contributed by atoms with Crippen LogP contribution >= 0.6 is 11.6 Å². The number of hydrogen-bond donors (Lipinski definition) is 0. The average Bonchev–Trinajstić information content (AvgIpc) is 2.16. The lowest BCUT2D eigenvalue weighted by molar-refractivity contribution is 0.00974. The molecule has 2 unspecified atom stereocenters. The van der Waals surface area contributed by atoms with E-state index in [0.717, 1.165) is 6.42 Å². The molecular weight excluding hydrogens is 212 g/mol. The monoisotopic (exact) mass is 230 g/mol.